The lowest BCUT2D eigenvalue weighted by Crippen LogP contribution is -2.53. The Labute approximate surface area is 154 Å². The number of benzene rings is 1. The predicted octanol–water partition coefficient (Wildman–Crippen LogP) is 1.63. The molecule has 1 heterocycles. The average Bonchev–Trinajstić information content (AvgIpc) is 2.65. The molecule has 138 valence electrons. The van der Waals surface area contributed by atoms with Gasteiger partial charge in [-0.25, -0.2) is 4.79 Å². The second-order valence-electron chi connectivity index (χ2n) is 6.01. The summed E-state index contributed by atoms with van der Waals surface area (Å²) in [6.07, 6.45) is 0.947. The Morgan fingerprint density at radius 3 is 2.44 bits per heavy atom. The van der Waals surface area contributed by atoms with Gasteiger partial charge in [0.2, 0.25) is 5.91 Å². The molecule has 2 rings (SSSR count). The quantitative estimate of drug-likeness (QED) is 0.544. The molecule has 0 aliphatic carbocycles. The van der Waals surface area contributed by atoms with Gasteiger partial charge in [-0.1, -0.05) is 25.1 Å². The number of nitrogens with zero attached hydrogens (tertiary/aromatic N) is 2. The third-order valence-corrected chi connectivity index (χ3v) is 5.00. The summed E-state index contributed by atoms with van der Waals surface area (Å²) in [7, 11) is 0. The number of amides is 3. The van der Waals surface area contributed by atoms with Crippen LogP contribution in [0.2, 0.25) is 0 Å². The van der Waals surface area contributed by atoms with Crippen LogP contribution in [0.3, 0.4) is 0 Å². The third kappa shape index (κ3) is 7.36. The first kappa shape index (κ1) is 19.6. The van der Waals surface area contributed by atoms with Crippen LogP contribution in [-0.2, 0) is 4.79 Å². The van der Waals surface area contributed by atoms with Crippen LogP contribution in [0.4, 0.5) is 4.79 Å². The summed E-state index contributed by atoms with van der Waals surface area (Å²) in [5.74, 6) is 0.922. The molecule has 1 aliphatic heterocycles. The average molecular weight is 365 g/mol. The van der Waals surface area contributed by atoms with Crippen LogP contribution in [0.1, 0.15) is 13.3 Å². The molecule has 0 spiro atoms. The van der Waals surface area contributed by atoms with Crippen LogP contribution in [0.5, 0.6) is 0 Å². The highest BCUT2D eigenvalue weighted by atomic mass is 32.2. The van der Waals surface area contributed by atoms with Crippen molar-refractivity contribution >= 4 is 23.7 Å². The molecule has 7 heteroatoms. The summed E-state index contributed by atoms with van der Waals surface area (Å²) in [5.41, 5.74) is 0. The molecule has 3 amide bonds. The molecule has 2 N–H and O–H groups in total. The van der Waals surface area contributed by atoms with E-state index in [1.807, 2.05) is 30.0 Å². The molecule has 0 unspecified atom stereocenters. The standard InChI is InChI=1S/C18H28N4O2S/c1-2-8-19-17(23)15-21-10-12-22(13-11-21)18(24)20-9-14-25-16-6-4-3-5-7-16/h3-7H,2,8-15H2,1H3,(H,19,23)(H,20,24). The molecule has 0 atom stereocenters. The summed E-state index contributed by atoms with van der Waals surface area (Å²) >= 11 is 1.74. The first-order valence-corrected chi connectivity index (χ1v) is 9.87. The zero-order chi connectivity index (χ0) is 17.9. The van der Waals surface area contributed by atoms with Gasteiger partial charge in [0, 0.05) is 49.9 Å². The number of hydrogen-bond donors (Lipinski definition) is 2. The molecule has 0 radical (unpaired) electrons. The molecule has 0 saturated carbocycles. The lowest BCUT2D eigenvalue weighted by Gasteiger charge is -2.34. The van der Waals surface area contributed by atoms with Crippen LogP contribution in [0.25, 0.3) is 0 Å². The van der Waals surface area contributed by atoms with Crippen LogP contribution in [0, 0.1) is 0 Å². The first-order valence-electron chi connectivity index (χ1n) is 8.88. The van der Waals surface area contributed by atoms with Crippen molar-refractivity contribution < 1.29 is 9.59 Å². The van der Waals surface area contributed by atoms with E-state index in [9.17, 15) is 9.59 Å². The number of hydrogen-bond acceptors (Lipinski definition) is 4. The van der Waals surface area contributed by atoms with Gasteiger partial charge in [-0.15, -0.1) is 11.8 Å². The van der Waals surface area contributed by atoms with Gasteiger partial charge in [0.15, 0.2) is 0 Å². The number of nitrogens with one attached hydrogen (secondary N) is 2. The van der Waals surface area contributed by atoms with Crippen molar-refractivity contribution in [1.82, 2.24) is 20.4 Å². The van der Waals surface area contributed by atoms with E-state index in [1.54, 1.807) is 11.8 Å². The largest absolute Gasteiger partial charge is 0.355 e. The number of urea groups is 1. The van der Waals surface area contributed by atoms with E-state index in [2.05, 4.69) is 27.7 Å². The van der Waals surface area contributed by atoms with Crippen molar-refractivity contribution in [3.63, 3.8) is 0 Å². The minimum atomic E-state index is -0.0104. The normalized spacial score (nSPS) is 15.0. The predicted molar refractivity (Wildman–Crippen MR) is 102 cm³/mol. The minimum Gasteiger partial charge on any atom is -0.355 e. The zero-order valence-corrected chi connectivity index (χ0v) is 15.7. The molecule has 0 aromatic heterocycles. The van der Waals surface area contributed by atoms with Crippen molar-refractivity contribution in [1.29, 1.82) is 0 Å². The number of piperazine rings is 1. The van der Waals surface area contributed by atoms with Gasteiger partial charge in [0.25, 0.3) is 0 Å². The fourth-order valence-corrected chi connectivity index (χ4v) is 3.38. The van der Waals surface area contributed by atoms with Gasteiger partial charge in [-0.05, 0) is 18.6 Å². The molecule has 0 bridgehead atoms. The highest BCUT2D eigenvalue weighted by Gasteiger charge is 2.21. The molecule has 1 aromatic carbocycles. The van der Waals surface area contributed by atoms with Gasteiger partial charge in [-0.2, -0.15) is 0 Å². The monoisotopic (exact) mass is 364 g/mol. The lowest BCUT2D eigenvalue weighted by atomic mass is 10.3. The van der Waals surface area contributed by atoms with Gasteiger partial charge in [-0.3, -0.25) is 9.69 Å². The molecule has 1 aliphatic rings. The maximum atomic E-state index is 12.2. The van der Waals surface area contributed by atoms with E-state index >= 15 is 0 Å². The van der Waals surface area contributed by atoms with Gasteiger partial charge in [0.05, 0.1) is 6.54 Å². The molecule has 1 fully saturated rings. The summed E-state index contributed by atoms with van der Waals surface area (Å²) < 4.78 is 0. The molecule has 6 nitrogen and oxygen atoms in total. The molecular weight excluding hydrogens is 336 g/mol. The van der Waals surface area contributed by atoms with Crippen LogP contribution < -0.4 is 10.6 Å². The number of rotatable bonds is 8. The summed E-state index contributed by atoms with van der Waals surface area (Å²) in [5, 5.41) is 5.86. The molecule has 1 saturated heterocycles. The van der Waals surface area contributed by atoms with Crippen LogP contribution in [-0.4, -0.2) is 73.3 Å². The van der Waals surface area contributed by atoms with Crippen molar-refractivity contribution in [3.8, 4) is 0 Å². The van der Waals surface area contributed by atoms with Gasteiger partial charge >= 0.3 is 6.03 Å². The number of thioether (sulfide) groups is 1. The number of carbonyl (C=O) groups is 2. The van der Waals surface area contributed by atoms with Gasteiger partial charge < -0.3 is 15.5 Å². The topological polar surface area (TPSA) is 64.7 Å². The number of carbonyl (C=O) groups excluding carboxylic acids is 2. The fraction of sp³-hybridized carbons (Fsp3) is 0.556. The van der Waals surface area contributed by atoms with Crippen molar-refractivity contribution in [2.75, 3.05) is 51.6 Å². The van der Waals surface area contributed by atoms with Gasteiger partial charge in [0.1, 0.15) is 0 Å². The van der Waals surface area contributed by atoms with Crippen LogP contribution >= 0.6 is 11.8 Å². The van der Waals surface area contributed by atoms with E-state index in [4.69, 9.17) is 0 Å². The van der Waals surface area contributed by atoms with E-state index in [-0.39, 0.29) is 11.9 Å². The third-order valence-electron chi connectivity index (χ3n) is 3.99. The Hall–Kier alpha value is -1.73. The summed E-state index contributed by atoms with van der Waals surface area (Å²) in [6, 6.07) is 10.2. The fourth-order valence-electron chi connectivity index (χ4n) is 2.59. The van der Waals surface area contributed by atoms with E-state index < -0.39 is 0 Å². The molecule has 1 aromatic rings. The van der Waals surface area contributed by atoms with Crippen molar-refractivity contribution in [2.24, 2.45) is 0 Å². The smallest absolute Gasteiger partial charge is 0.317 e. The van der Waals surface area contributed by atoms with E-state index in [1.165, 1.54) is 4.90 Å². The Balaban J connectivity index is 1.58. The minimum absolute atomic E-state index is 0.0104. The SMILES string of the molecule is CCCNC(=O)CN1CCN(C(=O)NCCSc2ccccc2)CC1. The highest BCUT2D eigenvalue weighted by molar-refractivity contribution is 7.99. The zero-order valence-electron chi connectivity index (χ0n) is 14.9. The summed E-state index contributed by atoms with van der Waals surface area (Å²) in [6.45, 7) is 6.65. The Bertz CT molecular complexity index is 533. The summed E-state index contributed by atoms with van der Waals surface area (Å²) in [4.78, 5) is 29.1. The van der Waals surface area contributed by atoms with E-state index in [0.717, 1.165) is 31.8 Å². The second kappa shape index (κ2) is 11.0. The lowest BCUT2D eigenvalue weighted by molar-refractivity contribution is -0.122. The maximum Gasteiger partial charge on any atom is 0.317 e. The highest BCUT2D eigenvalue weighted by Crippen LogP contribution is 2.15. The van der Waals surface area contributed by atoms with Crippen LogP contribution in [0.15, 0.2) is 35.2 Å². The Kier molecular flexibility index (Phi) is 8.62. The van der Waals surface area contributed by atoms with Crippen molar-refractivity contribution in [2.45, 2.75) is 18.2 Å². The Morgan fingerprint density at radius 2 is 1.76 bits per heavy atom. The van der Waals surface area contributed by atoms with E-state index in [0.29, 0.717) is 26.2 Å². The Morgan fingerprint density at radius 1 is 1.04 bits per heavy atom. The second-order valence-corrected chi connectivity index (χ2v) is 7.17. The molecule has 25 heavy (non-hydrogen) atoms. The molecular formula is C18H28N4O2S. The van der Waals surface area contributed by atoms with Crippen molar-refractivity contribution in [3.05, 3.63) is 30.3 Å². The first-order chi connectivity index (χ1) is 12.2. The maximum absolute atomic E-state index is 12.2.